The van der Waals surface area contributed by atoms with Crippen LogP contribution in [0.5, 0.6) is 5.75 Å². The van der Waals surface area contributed by atoms with Crippen LogP contribution < -0.4 is 10.1 Å². The Morgan fingerprint density at radius 1 is 1.30 bits per heavy atom. The van der Waals surface area contributed by atoms with Gasteiger partial charge in [-0.15, -0.1) is 0 Å². The van der Waals surface area contributed by atoms with Gasteiger partial charge < -0.3 is 10.1 Å². The Hall–Kier alpha value is -1.88. The molecular formula is C15H15BrN2O2. The fraction of sp³-hybridized carbons (Fsp3) is 0.200. The Morgan fingerprint density at radius 3 is 2.70 bits per heavy atom. The Morgan fingerprint density at radius 2 is 2.05 bits per heavy atom. The maximum atomic E-state index is 12.3. The molecule has 4 nitrogen and oxygen atoms in total. The lowest BCUT2D eigenvalue weighted by atomic mass is 10.1. The van der Waals surface area contributed by atoms with Gasteiger partial charge in [-0.05, 0) is 53.5 Å². The molecule has 0 saturated carbocycles. The number of pyridine rings is 1. The SMILES string of the molecule is COc1ccc(C)cc1C(=O)Nc1cc(C)c(Br)cn1. The van der Waals surface area contributed by atoms with E-state index >= 15 is 0 Å². The Balaban J connectivity index is 2.27. The number of halogens is 1. The second-order valence-corrected chi connectivity index (χ2v) is 5.33. The van der Waals surface area contributed by atoms with Crippen molar-refractivity contribution in [3.8, 4) is 5.75 Å². The minimum atomic E-state index is -0.236. The number of aryl methyl sites for hydroxylation is 2. The van der Waals surface area contributed by atoms with Crippen molar-refractivity contribution < 1.29 is 9.53 Å². The second kappa shape index (κ2) is 6.05. The molecule has 0 atom stereocenters. The molecule has 0 unspecified atom stereocenters. The van der Waals surface area contributed by atoms with Crippen molar-refractivity contribution in [3.63, 3.8) is 0 Å². The van der Waals surface area contributed by atoms with Crippen molar-refractivity contribution in [2.24, 2.45) is 0 Å². The zero-order valence-electron chi connectivity index (χ0n) is 11.5. The summed E-state index contributed by atoms with van der Waals surface area (Å²) in [5.41, 5.74) is 2.50. The van der Waals surface area contributed by atoms with Gasteiger partial charge in [-0.25, -0.2) is 4.98 Å². The molecule has 0 aliphatic heterocycles. The summed E-state index contributed by atoms with van der Waals surface area (Å²) in [6.07, 6.45) is 1.67. The number of carbonyl (C=O) groups excluding carboxylic acids is 1. The Kier molecular flexibility index (Phi) is 4.39. The fourth-order valence-corrected chi connectivity index (χ4v) is 2.01. The predicted molar refractivity (Wildman–Crippen MR) is 82.4 cm³/mol. The van der Waals surface area contributed by atoms with Crippen LogP contribution in [0.2, 0.25) is 0 Å². The van der Waals surface area contributed by atoms with E-state index < -0.39 is 0 Å². The third-order valence-corrected chi connectivity index (χ3v) is 3.72. The number of nitrogens with zero attached hydrogens (tertiary/aromatic N) is 1. The average Bonchev–Trinajstić information content (AvgIpc) is 2.43. The number of amides is 1. The Labute approximate surface area is 126 Å². The van der Waals surface area contributed by atoms with Crippen LogP contribution in [0.4, 0.5) is 5.82 Å². The summed E-state index contributed by atoms with van der Waals surface area (Å²) < 4.78 is 6.12. The average molecular weight is 335 g/mol. The van der Waals surface area contributed by atoms with Crippen LogP contribution in [0, 0.1) is 13.8 Å². The minimum Gasteiger partial charge on any atom is -0.496 e. The topological polar surface area (TPSA) is 51.2 Å². The number of anilines is 1. The molecule has 0 radical (unpaired) electrons. The summed E-state index contributed by atoms with van der Waals surface area (Å²) in [6.45, 7) is 3.87. The minimum absolute atomic E-state index is 0.236. The van der Waals surface area contributed by atoms with Crippen molar-refractivity contribution in [2.75, 3.05) is 12.4 Å². The van der Waals surface area contributed by atoms with Crippen LogP contribution in [0.15, 0.2) is 34.9 Å². The fourth-order valence-electron chi connectivity index (χ4n) is 1.79. The molecule has 1 N–H and O–H groups in total. The number of aromatic nitrogens is 1. The molecule has 5 heteroatoms. The van der Waals surface area contributed by atoms with Gasteiger partial charge >= 0.3 is 0 Å². The summed E-state index contributed by atoms with van der Waals surface area (Å²) in [4.78, 5) is 16.5. The monoisotopic (exact) mass is 334 g/mol. The maximum absolute atomic E-state index is 12.3. The molecule has 0 spiro atoms. The van der Waals surface area contributed by atoms with E-state index in [-0.39, 0.29) is 5.91 Å². The van der Waals surface area contributed by atoms with E-state index in [4.69, 9.17) is 4.74 Å². The first kappa shape index (κ1) is 14.5. The zero-order valence-corrected chi connectivity index (χ0v) is 13.1. The molecule has 0 saturated heterocycles. The molecule has 1 aromatic heterocycles. The first-order valence-electron chi connectivity index (χ1n) is 6.09. The van der Waals surface area contributed by atoms with Crippen molar-refractivity contribution in [1.82, 2.24) is 4.98 Å². The van der Waals surface area contributed by atoms with Crippen LogP contribution in [-0.4, -0.2) is 18.0 Å². The lowest BCUT2D eigenvalue weighted by Crippen LogP contribution is -2.14. The Bertz CT molecular complexity index is 656. The number of carbonyl (C=O) groups is 1. The third-order valence-electron chi connectivity index (χ3n) is 2.89. The predicted octanol–water partition coefficient (Wildman–Crippen LogP) is 3.72. The van der Waals surface area contributed by atoms with Crippen LogP contribution in [0.25, 0.3) is 0 Å². The van der Waals surface area contributed by atoms with Gasteiger partial charge in [0.25, 0.3) is 5.91 Å². The van der Waals surface area contributed by atoms with E-state index in [1.807, 2.05) is 26.0 Å². The van der Waals surface area contributed by atoms with E-state index in [0.717, 1.165) is 15.6 Å². The van der Waals surface area contributed by atoms with Gasteiger partial charge in [0.15, 0.2) is 0 Å². The van der Waals surface area contributed by atoms with E-state index in [0.29, 0.717) is 17.1 Å². The number of hydrogen-bond donors (Lipinski definition) is 1. The molecule has 20 heavy (non-hydrogen) atoms. The molecule has 2 rings (SSSR count). The first-order chi connectivity index (χ1) is 9.51. The van der Waals surface area contributed by atoms with Crippen molar-refractivity contribution in [3.05, 3.63) is 51.6 Å². The molecule has 0 aliphatic carbocycles. The van der Waals surface area contributed by atoms with Gasteiger partial charge in [-0.2, -0.15) is 0 Å². The highest BCUT2D eigenvalue weighted by Gasteiger charge is 2.13. The van der Waals surface area contributed by atoms with Crippen LogP contribution in [-0.2, 0) is 0 Å². The summed E-state index contributed by atoms with van der Waals surface area (Å²) in [7, 11) is 1.55. The van der Waals surface area contributed by atoms with Gasteiger partial charge in [0.1, 0.15) is 11.6 Å². The number of nitrogens with one attached hydrogen (secondary N) is 1. The molecule has 1 heterocycles. The smallest absolute Gasteiger partial charge is 0.260 e. The molecule has 0 aliphatic rings. The maximum Gasteiger partial charge on any atom is 0.260 e. The number of methoxy groups -OCH3 is 1. The van der Waals surface area contributed by atoms with E-state index in [1.54, 1.807) is 25.4 Å². The highest BCUT2D eigenvalue weighted by molar-refractivity contribution is 9.10. The summed E-state index contributed by atoms with van der Waals surface area (Å²) in [6, 6.07) is 7.28. The summed E-state index contributed by atoms with van der Waals surface area (Å²) in [5.74, 6) is 0.820. The van der Waals surface area contributed by atoms with Gasteiger partial charge in [0.05, 0.1) is 12.7 Å². The van der Waals surface area contributed by atoms with Gasteiger partial charge in [-0.3, -0.25) is 4.79 Å². The largest absolute Gasteiger partial charge is 0.496 e. The lowest BCUT2D eigenvalue weighted by Gasteiger charge is -2.10. The quantitative estimate of drug-likeness (QED) is 0.930. The summed E-state index contributed by atoms with van der Waals surface area (Å²) >= 11 is 3.38. The summed E-state index contributed by atoms with van der Waals surface area (Å²) in [5, 5.41) is 2.78. The molecule has 1 amide bonds. The normalized spacial score (nSPS) is 10.2. The van der Waals surface area contributed by atoms with E-state index in [2.05, 4.69) is 26.2 Å². The van der Waals surface area contributed by atoms with Crippen molar-refractivity contribution in [2.45, 2.75) is 13.8 Å². The number of ether oxygens (including phenoxy) is 1. The second-order valence-electron chi connectivity index (χ2n) is 4.48. The van der Waals surface area contributed by atoms with Crippen LogP contribution in [0.3, 0.4) is 0 Å². The first-order valence-corrected chi connectivity index (χ1v) is 6.88. The molecule has 0 bridgehead atoms. The van der Waals surface area contributed by atoms with Crippen molar-refractivity contribution in [1.29, 1.82) is 0 Å². The number of benzene rings is 1. The molecule has 104 valence electrons. The van der Waals surface area contributed by atoms with Gasteiger partial charge in [0.2, 0.25) is 0 Å². The van der Waals surface area contributed by atoms with Crippen molar-refractivity contribution >= 4 is 27.7 Å². The van der Waals surface area contributed by atoms with E-state index in [1.165, 1.54) is 0 Å². The van der Waals surface area contributed by atoms with Crippen LogP contribution in [0.1, 0.15) is 21.5 Å². The van der Waals surface area contributed by atoms with E-state index in [9.17, 15) is 4.79 Å². The lowest BCUT2D eigenvalue weighted by molar-refractivity contribution is 0.102. The molecule has 1 aromatic carbocycles. The third kappa shape index (κ3) is 3.17. The zero-order chi connectivity index (χ0) is 14.7. The number of rotatable bonds is 3. The molecule has 2 aromatic rings. The highest BCUT2D eigenvalue weighted by Crippen LogP contribution is 2.22. The van der Waals surface area contributed by atoms with Gasteiger partial charge in [0, 0.05) is 10.7 Å². The van der Waals surface area contributed by atoms with Gasteiger partial charge in [-0.1, -0.05) is 11.6 Å². The molecule has 0 fully saturated rings. The number of hydrogen-bond acceptors (Lipinski definition) is 3. The molecular weight excluding hydrogens is 320 g/mol. The standard InChI is InChI=1S/C15H15BrN2O2/c1-9-4-5-13(20-3)11(6-9)15(19)18-14-7-10(2)12(16)8-17-14/h4-8H,1-3H3,(H,17,18,19). The highest BCUT2D eigenvalue weighted by atomic mass is 79.9. The van der Waals surface area contributed by atoms with Crippen LogP contribution >= 0.6 is 15.9 Å².